The van der Waals surface area contributed by atoms with E-state index in [1.54, 1.807) is 4.90 Å². The Kier molecular flexibility index (Phi) is 4.60. The first-order valence-electron chi connectivity index (χ1n) is 9.45. The summed E-state index contributed by atoms with van der Waals surface area (Å²) >= 11 is 0. The molecule has 0 bridgehead atoms. The van der Waals surface area contributed by atoms with Crippen molar-refractivity contribution >= 4 is 12.0 Å². The third-order valence-corrected chi connectivity index (χ3v) is 6.00. The topological polar surface area (TPSA) is 87.8 Å². The third-order valence-electron chi connectivity index (χ3n) is 6.00. The lowest BCUT2D eigenvalue weighted by Crippen LogP contribution is -2.56. The number of aromatic amines is 1. The fourth-order valence-electron chi connectivity index (χ4n) is 4.54. The number of rotatable bonds is 1. The average Bonchev–Trinajstić information content (AvgIpc) is 3.18. The summed E-state index contributed by atoms with van der Waals surface area (Å²) in [5.74, 6) is 0.0330. The largest absolute Gasteiger partial charge is 0.453 e. The quantitative estimate of drug-likeness (QED) is 0.816. The van der Waals surface area contributed by atoms with E-state index in [0.29, 0.717) is 32.7 Å². The average molecular weight is 362 g/mol. The zero-order valence-electron chi connectivity index (χ0n) is 15.2. The fourth-order valence-corrected chi connectivity index (χ4v) is 4.54. The lowest BCUT2D eigenvalue weighted by molar-refractivity contribution is -0.146. The van der Waals surface area contributed by atoms with Crippen molar-refractivity contribution in [3.8, 4) is 0 Å². The smallest absolute Gasteiger partial charge is 0.410 e. The minimum atomic E-state index is -0.408. The normalized spacial score (nSPS) is 25.0. The van der Waals surface area contributed by atoms with Crippen molar-refractivity contribution in [3.05, 3.63) is 17.5 Å². The number of carbonyl (C=O) groups excluding carboxylic acids is 2. The van der Waals surface area contributed by atoms with Gasteiger partial charge in [-0.3, -0.25) is 14.8 Å². The number of hydrogen-bond donors (Lipinski definition) is 1. The van der Waals surface area contributed by atoms with Gasteiger partial charge in [0.05, 0.1) is 25.6 Å². The number of hydrogen-bond acceptors (Lipinski definition) is 5. The van der Waals surface area contributed by atoms with Gasteiger partial charge in [0.25, 0.3) is 0 Å². The lowest BCUT2D eigenvalue weighted by Gasteiger charge is -2.45. The molecule has 8 heteroatoms. The molecule has 1 unspecified atom stereocenters. The van der Waals surface area contributed by atoms with Gasteiger partial charge in [-0.1, -0.05) is 0 Å². The van der Waals surface area contributed by atoms with Gasteiger partial charge in [0.1, 0.15) is 11.6 Å². The summed E-state index contributed by atoms with van der Waals surface area (Å²) in [5.41, 5.74) is 1.94. The minimum Gasteiger partial charge on any atom is -0.453 e. The number of amides is 2. The van der Waals surface area contributed by atoms with Crippen LogP contribution in [0, 0.1) is 0 Å². The summed E-state index contributed by atoms with van der Waals surface area (Å²) < 4.78 is 11.0. The molecule has 8 nitrogen and oxygen atoms in total. The Hall–Kier alpha value is -2.09. The Morgan fingerprint density at radius 2 is 2.12 bits per heavy atom. The Balaban J connectivity index is 1.45. The molecule has 1 N–H and O–H groups in total. The zero-order chi connectivity index (χ0) is 18.1. The Morgan fingerprint density at radius 3 is 2.88 bits per heavy atom. The monoisotopic (exact) mass is 362 g/mol. The lowest BCUT2D eigenvalue weighted by atomic mass is 9.83. The molecule has 1 aromatic rings. The molecule has 1 aromatic heterocycles. The van der Waals surface area contributed by atoms with Crippen molar-refractivity contribution in [3.63, 3.8) is 0 Å². The molecule has 0 saturated carbocycles. The van der Waals surface area contributed by atoms with Crippen molar-refractivity contribution in [1.82, 2.24) is 20.0 Å². The van der Waals surface area contributed by atoms with Gasteiger partial charge in [-0.2, -0.15) is 5.10 Å². The molecule has 2 amide bonds. The molecule has 4 heterocycles. The van der Waals surface area contributed by atoms with Crippen molar-refractivity contribution in [2.45, 2.75) is 50.2 Å². The number of carbonyl (C=O) groups is 2. The van der Waals surface area contributed by atoms with Crippen LogP contribution >= 0.6 is 0 Å². The van der Waals surface area contributed by atoms with Crippen LogP contribution in [-0.2, 0) is 26.3 Å². The predicted molar refractivity (Wildman–Crippen MR) is 92.5 cm³/mol. The molecule has 1 spiro atoms. The first kappa shape index (κ1) is 17.3. The first-order valence-corrected chi connectivity index (χ1v) is 9.45. The van der Waals surface area contributed by atoms with Gasteiger partial charge in [-0.25, -0.2) is 4.79 Å². The van der Waals surface area contributed by atoms with E-state index in [0.717, 1.165) is 37.8 Å². The van der Waals surface area contributed by atoms with Crippen molar-refractivity contribution in [1.29, 1.82) is 0 Å². The molecule has 3 aliphatic rings. The van der Waals surface area contributed by atoms with E-state index >= 15 is 0 Å². The summed E-state index contributed by atoms with van der Waals surface area (Å²) in [6, 6.07) is -0.403. The number of fused-ring (bicyclic) bond motifs is 2. The maximum atomic E-state index is 13.1. The molecule has 3 aliphatic heterocycles. The molecule has 0 aliphatic carbocycles. The second-order valence-corrected chi connectivity index (χ2v) is 7.36. The molecule has 2 saturated heterocycles. The van der Waals surface area contributed by atoms with E-state index in [9.17, 15) is 9.59 Å². The van der Waals surface area contributed by atoms with Crippen molar-refractivity contribution < 1.29 is 19.1 Å². The molecular formula is C18H26N4O4. The zero-order valence-corrected chi connectivity index (χ0v) is 15.2. The van der Waals surface area contributed by atoms with Crippen LogP contribution in [0.25, 0.3) is 0 Å². The molecule has 4 rings (SSSR count). The summed E-state index contributed by atoms with van der Waals surface area (Å²) in [5, 5.41) is 7.28. The Labute approximate surface area is 152 Å². The van der Waals surface area contributed by atoms with Gasteiger partial charge in [0, 0.05) is 19.6 Å². The molecule has 2 fully saturated rings. The van der Waals surface area contributed by atoms with Crippen LogP contribution in [0.15, 0.2) is 6.20 Å². The predicted octanol–water partition coefficient (Wildman–Crippen LogP) is 1.42. The first-order chi connectivity index (χ1) is 12.6. The Bertz CT molecular complexity index is 680. The number of nitrogens with zero attached hydrogens (tertiary/aromatic N) is 3. The summed E-state index contributed by atoms with van der Waals surface area (Å²) in [6.07, 6.45) is 6.43. The van der Waals surface area contributed by atoms with Gasteiger partial charge in [-0.05, 0) is 44.1 Å². The maximum Gasteiger partial charge on any atom is 0.410 e. The molecule has 142 valence electrons. The number of methoxy groups -OCH3 is 1. The summed E-state index contributed by atoms with van der Waals surface area (Å²) in [6.45, 7) is 2.53. The van der Waals surface area contributed by atoms with Crippen LogP contribution in [0.5, 0.6) is 0 Å². The number of ether oxygens (including phenoxy) is 2. The van der Waals surface area contributed by atoms with E-state index in [4.69, 9.17) is 9.47 Å². The summed E-state index contributed by atoms with van der Waals surface area (Å²) in [7, 11) is 1.37. The highest BCUT2D eigenvalue weighted by Crippen LogP contribution is 2.40. The van der Waals surface area contributed by atoms with E-state index in [-0.39, 0.29) is 11.5 Å². The number of likely N-dealkylation sites (tertiary alicyclic amines) is 2. The number of H-pyrrole nitrogens is 1. The number of piperidine rings is 2. The summed E-state index contributed by atoms with van der Waals surface area (Å²) in [4.78, 5) is 28.5. The van der Waals surface area contributed by atoms with Crippen LogP contribution < -0.4 is 0 Å². The second-order valence-electron chi connectivity index (χ2n) is 7.36. The number of aromatic nitrogens is 2. The Morgan fingerprint density at radius 1 is 1.31 bits per heavy atom. The highest BCUT2D eigenvalue weighted by atomic mass is 16.5. The molecule has 0 aromatic carbocycles. The third kappa shape index (κ3) is 2.86. The van der Waals surface area contributed by atoms with Gasteiger partial charge in [0.15, 0.2) is 0 Å². The van der Waals surface area contributed by atoms with Gasteiger partial charge in [0.2, 0.25) is 5.91 Å². The SMILES string of the molecule is COC(=O)N1CCCCC1C(=O)N1CCC2(CC1)OCCc1cn[nH]c12. The fraction of sp³-hybridized carbons (Fsp3) is 0.722. The highest BCUT2D eigenvalue weighted by Gasteiger charge is 2.44. The van der Waals surface area contributed by atoms with Gasteiger partial charge in [-0.15, -0.1) is 0 Å². The second kappa shape index (κ2) is 6.90. The van der Waals surface area contributed by atoms with Gasteiger partial charge < -0.3 is 14.4 Å². The molecule has 1 atom stereocenters. The van der Waals surface area contributed by atoms with Gasteiger partial charge >= 0.3 is 6.09 Å². The number of nitrogens with one attached hydrogen (secondary N) is 1. The minimum absolute atomic E-state index is 0.0330. The van der Waals surface area contributed by atoms with E-state index in [1.807, 2.05) is 11.1 Å². The van der Waals surface area contributed by atoms with E-state index < -0.39 is 12.1 Å². The highest BCUT2D eigenvalue weighted by molar-refractivity contribution is 5.86. The van der Waals surface area contributed by atoms with Crippen LogP contribution in [0.2, 0.25) is 0 Å². The van der Waals surface area contributed by atoms with Crippen molar-refractivity contribution in [2.24, 2.45) is 0 Å². The van der Waals surface area contributed by atoms with Crippen LogP contribution in [-0.4, -0.2) is 71.4 Å². The van der Waals surface area contributed by atoms with Crippen molar-refractivity contribution in [2.75, 3.05) is 33.4 Å². The molecular weight excluding hydrogens is 336 g/mol. The van der Waals surface area contributed by atoms with Crippen LogP contribution in [0.4, 0.5) is 4.79 Å². The maximum absolute atomic E-state index is 13.1. The van der Waals surface area contributed by atoms with E-state index in [2.05, 4.69) is 10.2 Å². The molecule has 0 radical (unpaired) electrons. The van der Waals surface area contributed by atoms with E-state index in [1.165, 1.54) is 12.7 Å². The van der Waals surface area contributed by atoms with Crippen LogP contribution in [0.3, 0.4) is 0 Å². The molecule has 26 heavy (non-hydrogen) atoms. The standard InChI is InChI=1S/C18H26N4O4/c1-25-17(24)22-8-3-2-4-14(22)16(23)21-9-6-18(7-10-21)15-13(5-11-26-18)12-19-20-15/h12,14H,2-11H2,1H3,(H,19,20). The van der Waals surface area contributed by atoms with Crippen LogP contribution in [0.1, 0.15) is 43.4 Å².